The molecule has 1 heterocycles. The van der Waals surface area contributed by atoms with Crippen LogP contribution in [0, 0.1) is 0 Å². The molecule has 0 bridgehead atoms. The molecule has 0 aromatic heterocycles. The van der Waals surface area contributed by atoms with Crippen molar-refractivity contribution in [1.82, 2.24) is 4.90 Å². The van der Waals surface area contributed by atoms with E-state index in [0.29, 0.717) is 29.1 Å². The number of hydrogen-bond donors (Lipinski definition) is 1. The molecule has 2 aromatic rings. The molecule has 0 radical (unpaired) electrons. The number of nitrogens with zero attached hydrogens (tertiary/aromatic N) is 2. The summed E-state index contributed by atoms with van der Waals surface area (Å²) in [6, 6.07) is 11.6. The summed E-state index contributed by atoms with van der Waals surface area (Å²) in [4.78, 5) is 25.6. The van der Waals surface area contributed by atoms with Crippen molar-refractivity contribution in [3.63, 3.8) is 0 Å². The van der Waals surface area contributed by atoms with Gasteiger partial charge < -0.3 is 15.0 Å². The van der Waals surface area contributed by atoms with Crippen LogP contribution in [0.3, 0.4) is 0 Å². The van der Waals surface area contributed by atoms with Gasteiger partial charge in [0, 0.05) is 31.4 Å². The van der Waals surface area contributed by atoms with E-state index in [1.165, 1.54) is 15.5 Å². The number of nitrogens with one attached hydrogen (secondary N) is 1. The Morgan fingerprint density at radius 1 is 1.17 bits per heavy atom. The number of anilines is 2. The summed E-state index contributed by atoms with van der Waals surface area (Å²) in [6.07, 6.45) is 1.74. The van der Waals surface area contributed by atoms with Gasteiger partial charge >= 0.3 is 0 Å². The first kappa shape index (κ1) is 21.6. The number of fused-ring (bicyclic) bond motifs is 1. The fourth-order valence-electron chi connectivity index (χ4n) is 3.36. The average Bonchev–Trinajstić information content (AvgIpc) is 3.02. The van der Waals surface area contributed by atoms with Crippen molar-refractivity contribution in [1.29, 1.82) is 0 Å². The molecule has 160 valence electrons. The molecule has 30 heavy (non-hydrogen) atoms. The SMILES string of the molecule is CC1Cc2cc(C(=O)Nc3ccc(OCC(=O)N(C)C)cc3)ccc2N1S(C)(=O)=O. The molecule has 3 rings (SSSR count). The number of hydrogen-bond acceptors (Lipinski definition) is 5. The number of ether oxygens (including phenoxy) is 1. The predicted octanol–water partition coefficient (Wildman–Crippen LogP) is 2.12. The largest absolute Gasteiger partial charge is 0.484 e. The van der Waals surface area contributed by atoms with Gasteiger partial charge in [-0.25, -0.2) is 8.42 Å². The van der Waals surface area contributed by atoms with E-state index in [9.17, 15) is 18.0 Å². The van der Waals surface area contributed by atoms with Crippen molar-refractivity contribution in [3.05, 3.63) is 53.6 Å². The van der Waals surface area contributed by atoms with E-state index in [-0.39, 0.29) is 24.5 Å². The Balaban J connectivity index is 1.67. The fraction of sp³-hybridized carbons (Fsp3) is 0.333. The molecular weight excluding hydrogens is 406 g/mol. The molecule has 0 saturated carbocycles. The highest BCUT2D eigenvalue weighted by molar-refractivity contribution is 7.92. The van der Waals surface area contributed by atoms with Gasteiger partial charge in [-0.15, -0.1) is 0 Å². The van der Waals surface area contributed by atoms with Crippen LogP contribution in [-0.2, 0) is 21.2 Å². The summed E-state index contributed by atoms with van der Waals surface area (Å²) >= 11 is 0. The first-order valence-electron chi connectivity index (χ1n) is 9.43. The summed E-state index contributed by atoms with van der Waals surface area (Å²) in [6.45, 7) is 1.78. The second kappa shape index (κ2) is 8.35. The highest BCUT2D eigenvalue weighted by atomic mass is 32.2. The maximum absolute atomic E-state index is 12.6. The van der Waals surface area contributed by atoms with E-state index in [1.807, 2.05) is 6.92 Å². The first-order chi connectivity index (χ1) is 14.1. The highest BCUT2D eigenvalue weighted by Gasteiger charge is 2.32. The van der Waals surface area contributed by atoms with Crippen LogP contribution in [0.15, 0.2) is 42.5 Å². The second-order valence-corrected chi connectivity index (χ2v) is 9.37. The quantitative estimate of drug-likeness (QED) is 0.756. The number of amides is 2. The lowest BCUT2D eigenvalue weighted by Crippen LogP contribution is -2.34. The van der Waals surface area contributed by atoms with Crippen molar-refractivity contribution >= 4 is 33.2 Å². The molecule has 2 aromatic carbocycles. The van der Waals surface area contributed by atoms with E-state index >= 15 is 0 Å². The van der Waals surface area contributed by atoms with E-state index in [0.717, 1.165) is 5.56 Å². The van der Waals surface area contributed by atoms with E-state index in [4.69, 9.17) is 4.74 Å². The maximum Gasteiger partial charge on any atom is 0.259 e. The lowest BCUT2D eigenvalue weighted by molar-refractivity contribution is -0.130. The number of carbonyl (C=O) groups is 2. The van der Waals surface area contributed by atoms with Crippen LogP contribution in [0.5, 0.6) is 5.75 Å². The minimum Gasteiger partial charge on any atom is -0.484 e. The van der Waals surface area contributed by atoms with Crippen LogP contribution < -0.4 is 14.4 Å². The monoisotopic (exact) mass is 431 g/mol. The summed E-state index contributed by atoms with van der Waals surface area (Å²) < 4.78 is 30.9. The van der Waals surface area contributed by atoms with Gasteiger partial charge in [0.25, 0.3) is 11.8 Å². The highest BCUT2D eigenvalue weighted by Crippen LogP contribution is 2.34. The van der Waals surface area contributed by atoms with Gasteiger partial charge in [0.2, 0.25) is 10.0 Å². The molecule has 1 aliphatic heterocycles. The van der Waals surface area contributed by atoms with Crippen LogP contribution in [0.4, 0.5) is 11.4 Å². The third-order valence-electron chi connectivity index (χ3n) is 4.83. The van der Waals surface area contributed by atoms with Gasteiger partial charge in [-0.05, 0) is 61.4 Å². The van der Waals surface area contributed by atoms with Gasteiger partial charge in [-0.2, -0.15) is 0 Å². The van der Waals surface area contributed by atoms with Gasteiger partial charge in [0.1, 0.15) is 5.75 Å². The standard InChI is InChI=1S/C21H25N3O5S/c1-14-11-16-12-15(5-10-19(16)24(14)30(4,27)28)21(26)22-17-6-8-18(9-7-17)29-13-20(25)23(2)3/h5-10,12,14H,11,13H2,1-4H3,(H,22,26). The Morgan fingerprint density at radius 2 is 1.83 bits per heavy atom. The fourth-order valence-corrected chi connectivity index (χ4v) is 4.62. The lowest BCUT2D eigenvalue weighted by atomic mass is 10.1. The van der Waals surface area contributed by atoms with Crippen molar-refractivity contribution < 1.29 is 22.7 Å². The number of sulfonamides is 1. The molecule has 0 aliphatic carbocycles. The third-order valence-corrected chi connectivity index (χ3v) is 6.10. The molecule has 1 atom stereocenters. The first-order valence-corrected chi connectivity index (χ1v) is 11.3. The van der Waals surface area contributed by atoms with Crippen LogP contribution in [0.1, 0.15) is 22.8 Å². The van der Waals surface area contributed by atoms with Crippen molar-refractivity contribution in [2.45, 2.75) is 19.4 Å². The zero-order valence-electron chi connectivity index (χ0n) is 17.4. The molecular formula is C21H25N3O5S. The van der Waals surface area contributed by atoms with E-state index in [2.05, 4.69) is 5.32 Å². The Hall–Kier alpha value is -3.07. The summed E-state index contributed by atoms with van der Waals surface area (Å²) in [7, 11) is -0.0580. The molecule has 1 aliphatic rings. The van der Waals surface area contributed by atoms with Gasteiger partial charge in [-0.3, -0.25) is 13.9 Å². The third kappa shape index (κ3) is 4.73. The Morgan fingerprint density at radius 3 is 2.43 bits per heavy atom. The number of carbonyl (C=O) groups excluding carboxylic acids is 2. The number of rotatable bonds is 6. The number of likely N-dealkylation sites (N-methyl/N-ethyl adjacent to an activating group) is 1. The van der Waals surface area contributed by atoms with Crippen LogP contribution >= 0.6 is 0 Å². The summed E-state index contributed by atoms with van der Waals surface area (Å²) in [5.41, 5.74) is 2.48. The second-order valence-electron chi connectivity index (χ2n) is 7.51. The topological polar surface area (TPSA) is 96.0 Å². The average molecular weight is 432 g/mol. The van der Waals surface area contributed by atoms with Crippen LogP contribution in [-0.4, -0.2) is 58.1 Å². The van der Waals surface area contributed by atoms with Crippen molar-refractivity contribution in [3.8, 4) is 5.75 Å². The molecule has 2 amide bonds. The van der Waals surface area contributed by atoms with Crippen molar-refractivity contribution in [2.24, 2.45) is 0 Å². The van der Waals surface area contributed by atoms with Crippen LogP contribution in [0.2, 0.25) is 0 Å². The minimum absolute atomic E-state index is 0.0588. The molecule has 1 unspecified atom stereocenters. The minimum atomic E-state index is -3.37. The Bertz CT molecular complexity index is 1060. The summed E-state index contributed by atoms with van der Waals surface area (Å²) in [5.74, 6) is 0.0862. The number of benzene rings is 2. The Kier molecular flexibility index (Phi) is 6.02. The molecule has 9 heteroatoms. The molecule has 0 fully saturated rings. The molecule has 8 nitrogen and oxygen atoms in total. The molecule has 1 N–H and O–H groups in total. The van der Waals surface area contributed by atoms with E-state index < -0.39 is 10.0 Å². The van der Waals surface area contributed by atoms with Gasteiger partial charge in [0.05, 0.1) is 11.9 Å². The lowest BCUT2D eigenvalue weighted by Gasteiger charge is -2.21. The normalized spacial score (nSPS) is 15.5. The molecule has 0 saturated heterocycles. The maximum atomic E-state index is 12.6. The predicted molar refractivity (Wildman–Crippen MR) is 116 cm³/mol. The molecule has 0 spiro atoms. The van der Waals surface area contributed by atoms with Gasteiger partial charge in [0.15, 0.2) is 6.61 Å². The zero-order valence-corrected chi connectivity index (χ0v) is 18.2. The smallest absolute Gasteiger partial charge is 0.259 e. The summed E-state index contributed by atoms with van der Waals surface area (Å²) in [5, 5.41) is 2.81. The zero-order chi connectivity index (χ0) is 22.1. The van der Waals surface area contributed by atoms with Crippen LogP contribution in [0.25, 0.3) is 0 Å². The van der Waals surface area contributed by atoms with Crippen molar-refractivity contribution in [2.75, 3.05) is 36.6 Å². The van der Waals surface area contributed by atoms with E-state index in [1.54, 1.807) is 56.6 Å². The van der Waals surface area contributed by atoms with Gasteiger partial charge in [-0.1, -0.05) is 0 Å². The Labute approximate surface area is 176 Å².